The van der Waals surface area contributed by atoms with E-state index in [1.165, 1.54) is 0 Å². The molecule has 3 N–H and O–H groups in total. The number of aliphatic imine (C=N–C) groups is 1. The van der Waals surface area contributed by atoms with E-state index in [1.54, 1.807) is 4.90 Å². The smallest absolute Gasteiger partial charge is 0.410 e. The minimum Gasteiger partial charge on any atom is -0.444 e. The molecule has 0 atom stereocenters. The van der Waals surface area contributed by atoms with Crippen LogP contribution in [0, 0.1) is 5.92 Å². The first-order valence-electron chi connectivity index (χ1n) is 9.41. The van der Waals surface area contributed by atoms with Crippen molar-refractivity contribution >= 4 is 12.1 Å². The lowest BCUT2D eigenvalue weighted by Gasteiger charge is -2.35. The number of nitrogens with two attached hydrogens (primary N) is 1. The molecule has 0 unspecified atom stereocenters. The topological polar surface area (TPSA) is 83.2 Å². The van der Waals surface area contributed by atoms with Gasteiger partial charge in [0.05, 0.1) is 0 Å². The van der Waals surface area contributed by atoms with Crippen molar-refractivity contribution in [2.75, 3.05) is 45.8 Å². The van der Waals surface area contributed by atoms with Gasteiger partial charge in [-0.2, -0.15) is 0 Å². The number of hydrogen-bond acceptors (Lipinski definition) is 4. The molecule has 1 fully saturated rings. The van der Waals surface area contributed by atoms with Crippen molar-refractivity contribution in [3.8, 4) is 0 Å². The van der Waals surface area contributed by atoms with Crippen molar-refractivity contribution < 1.29 is 9.53 Å². The largest absolute Gasteiger partial charge is 0.444 e. The Labute approximate surface area is 153 Å². The van der Waals surface area contributed by atoms with Crippen molar-refractivity contribution in [2.24, 2.45) is 16.6 Å². The Hall–Kier alpha value is -1.50. The van der Waals surface area contributed by atoms with Gasteiger partial charge in [0.2, 0.25) is 0 Å². The average Bonchev–Trinajstić information content (AvgIpc) is 2.50. The minimum absolute atomic E-state index is 0.211. The molecule has 1 aliphatic rings. The highest BCUT2D eigenvalue weighted by Crippen LogP contribution is 2.11. The molecule has 0 bridgehead atoms. The number of nitrogens with zero attached hydrogens (tertiary/aromatic N) is 3. The highest BCUT2D eigenvalue weighted by molar-refractivity contribution is 5.77. The second-order valence-corrected chi connectivity index (χ2v) is 8.04. The van der Waals surface area contributed by atoms with Gasteiger partial charge in [-0.3, -0.25) is 9.89 Å². The van der Waals surface area contributed by atoms with Crippen LogP contribution in [0.4, 0.5) is 4.79 Å². The third-order valence-electron chi connectivity index (χ3n) is 3.97. The molecular weight excluding hydrogens is 318 g/mol. The molecule has 7 nitrogen and oxygen atoms in total. The molecule has 7 heteroatoms. The van der Waals surface area contributed by atoms with Crippen LogP contribution in [0.5, 0.6) is 0 Å². The fourth-order valence-corrected chi connectivity index (χ4v) is 2.52. The molecule has 0 radical (unpaired) electrons. The fourth-order valence-electron chi connectivity index (χ4n) is 2.52. The SMILES string of the molecule is CC(C)CCNC(N)=NCCCN1CCN(C(=O)OC(C)(C)C)CC1. The normalized spacial score (nSPS) is 17.0. The molecule has 0 aromatic carbocycles. The van der Waals surface area contributed by atoms with Gasteiger partial charge in [0, 0.05) is 45.8 Å². The molecule has 1 heterocycles. The van der Waals surface area contributed by atoms with E-state index in [9.17, 15) is 4.79 Å². The van der Waals surface area contributed by atoms with E-state index >= 15 is 0 Å². The number of amides is 1. The first-order valence-corrected chi connectivity index (χ1v) is 9.41. The maximum Gasteiger partial charge on any atom is 0.410 e. The number of nitrogens with one attached hydrogen (secondary N) is 1. The van der Waals surface area contributed by atoms with Gasteiger partial charge in [-0.05, 0) is 39.5 Å². The molecular formula is C18H37N5O2. The van der Waals surface area contributed by atoms with Crippen LogP contribution in [-0.4, -0.2) is 73.3 Å². The summed E-state index contributed by atoms with van der Waals surface area (Å²) >= 11 is 0. The van der Waals surface area contributed by atoms with Crippen LogP contribution in [-0.2, 0) is 4.74 Å². The molecule has 25 heavy (non-hydrogen) atoms. The van der Waals surface area contributed by atoms with E-state index in [-0.39, 0.29) is 6.09 Å². The highest BCUT2D eigenvalue weighted by atomic mass is 16.6. The van der Waals surface area contributed by atoms with Crippen molar-refractivity contribution in [3.63, 3.8) is 0 Å². The lowest BCUT2D eigenvalue weighted by atomic mass is 10.1. The molecule has 0 aliphatic carbocycles. The van der Waals surface area contributed by atoms with E-state index in [1.807, 2.05) is 20.8 Å². The van der Waals surface area contributed by atoms with Crippen molar-refractivity contribution in [3.05, 3.63) is 0 Å². The first-order chi connectivity index (χ1) is 11.7. The van der Waals surface area contributed by atoms with Gasteiger partial charge in [0.25, 0.3) is 0 Å². The molecule has 146 valence electrons. The summed E-state index contributed by atoms with van der Waals surface area (Å²) in [6.45, 7) is 15.8. The zero-order chi connectivity index (χ0) is 18.9. The Morgan fingerprint density at radius 1 is 1.24 bits per heavy atom. The lowest BCUT2D eigenvalue weighted by molar-refractivity contribution is 0.0145. The van der Waals surface area contributed by atoms with E-state index in [4.69, 9.17) is 10.5 Å². The van der Waals surface area contributed by atoms with Crippen LogP contribution >= 0.6 is 0 Å². The molecule has 1 rings (SSSR count). The third-order valence-corrected chi connectivity index (χ3v) is 3.97. The Morgan fingerprint density at radius 2 is 1.88 bits per heavy atom. The molecule has 1 saturated heterocycles. The van der Waals surface area contributed by atoms with E-state index < -0.39 is 5.60 Å². The Bertz CT molecular complexity index is 424. The number of hydrogen-bond donors (Lipinski definition) is 2. The predicted octanol–water partition coefficient (Wildman–Crippen LogP) is 1.88. The number of rotatable bonds is 7. The van der Waals surface area contributed by atoms with E-state index in [0.717, 1.165) is 58.7 Å². The Balaban J connectivity index is 2.15. The second kappa shape index (κ2) is 10.5. The van der Waals surface area contributed by atoms with Crippen LogP contribution in [0.2, 0.25) is 0 Å². The quantitative estimate of drug-likeness (QED) is 0.414. The third kappa shape index (κ3) is 10.2. The Morgan fingerprint density at radius 3 is 2.44 bits per heavy atom. The van der Waals surface area contributed by atoms with Crippen molar-refractivity contribution in [1.29, 1.82) is 0 Å². The number of piperazine rings is 1. The summed E-state index contributed by atoms with van der Waals surface area (Å²) in [4.78, 5) is 20.5. The predicted molar refractivity (Wildman–Crippen MR) is 103 cm³/mol. The summed E-state index contributed by atoms with van der Waals surface area (Å²) in [5.41, 5.74) is 5.41. The van der Waals surface area contributed by atoms with Gasteiger partial charge in [0.15, 0.2) is 5.96 Å². The van der Waals surface area contributed by atoms with Gasteiger partial charge in [-0.1, -0.05) is 13.8 Å². The van der Waals surface area contributed by atoms with Gasteiger partial charge in [-0.15, -0.1) is 0 Å². The van der Waals surface area contributed by atoms with Gasteiger partial charge < -0.3 is 20.7 Å². The zero-order valence-corrected chi connectivity index (χ0v) is 16.7. The van der Waals surface area contributed by atoms with Crippen LogP contribution in [0.1, 0.15) is 47.5 Å². The molecule has 1 amide bonds. The second-order valence-electron chi connectivity index (χ2n) is 8.04. The molecule has 0 spiro atoms. The Kier molecular flexibility index (Phi) is 9.03. The van der Waals surface area contributed by atoms with Crippen molar-refractivity contribution in [1.82, 2.24) is 15.1 Å². The molecule has 1 aliphatic heterocycles. The lowest BCUT2D eigenvalue weighted by Crippen LogP contribution is -2.50. The van der Waals surface area contributed by atoms with Crippen LogP contribution in [0.25, 0.3) is 0 Å². The standard InChI is InChI=1S/C18H37N5O2/c1-15(2)7-9-21-16(19)20-8-6-10-22-11-13-23(14-12-22)17(24)25-18(3,4)5/h15H,6-14H2,1-5H3,(H3,19,20,21). The molecule has 0 aromatic rings. The number of guanidine groups is 1. The number of carbonyl (C=O) groups excluding carboxylic acids is 1. The summed E-state index contributed by atoms with van der Waals surface area (Å²) in [5, 5.41) is 3.15. The number of carbonyl (C=O) groups is 1. The minimum atomic E-state index is -0.435. The summed E-state index contributed by atoms with van der Waals surface area (Å²) in [6, 6.07) is 0. The van der Waals surface area contributed by atoms with Crippen LogP contribution in [0.15, 0.2) is 4.99 Å². The zero-order valence-electron chi connectivity index (χ0n) is 16.7. The van der Waals surface area contributed by atoms with Crippen molar-refractivity contribution in [2.45, 2.75) is 53.1 Å². The highest BCUT2D eigenvalue weighted by Gasteiger charge is 2.25. The van der Waals surface area contributed by atoms with E-state index in [2.05, 4.69) is 29.1 Å². The number of ether oxygens (including phenoxy) is 1. The van der Waals surface area contributed by atoms with Gasteiger partial charge in [0.1, 0.15) is 5.60 Å². The molecule has 0 saturated carbocycles. The van der Waals surface area contributed by atoms with E-state index in [0.29, 0.717) is 11.9 Å². The van der Waals surface area contributed by atoms with Gasteiger partial charge in [-0.25, -0.2) is 4.79 Å². The molecule has 0 aromatic heterocycles. The maximum absolute atomic E-state index is 12.0. The maximum atomic E-state index is 12.0. The first kappa shape index (κ1) is 21.5. The summed E-state index contributed by atoms with van der Waals surface area (Å²) in [5.74, 6) is 1.20. The summed E-state index contributed by atoms with van der Waals surface area (Å²) in [6.07, 6.45) is 1.86. The average molecular weight is 356 g/mol. The monoisotopic (exact) mass is 355 g/mol. The summed E-state index contributed by atoms with van der Waals surface area (Å²) in [7, 11) is 0. The van der Waals surface area contributed by atoms with Gasteiger partial charge >= 0.3 is 6.09 Å². The van der Waals surface area contributed by atoms with Crippen LogP contribution in [0.3, 0.4) is 0 Å². The summed E-state index contributed by atoms with van der Waals surface area (Å²) < 4.78 is 5.41. The van der Waals surface area contributed by atoms with Crippen LogP contribution < -0.4 is 11.1 Å². The fraction of sp³-hybridized carbons (Fsp3) is 0.889.